The molecule has 1 unspecified atom stereocenters. The quantitative estimate of drug-likeness (QED) is 0.791. The van der Waals surface area contributed by atoms with Crippen LogP contribution in [0.3, 0.4) is 0 Å². The lowest BCUT2D eigenvalue weighted by Gasteiger charge is -2.44. The highest BCUT2D eigenvalue weighted by molar-refractivity contribution is 5.67. The zero-order valence-corrected chi connectivity index (χ0v) is 11.7. The number of carboxylic acids is 1. The maximum atomic E-state index is 11.2. The van der Waals surface area contributed by atoms with Gasteiger partial charge in [0.15, 0.2) is 0 Å². The van der Waals surface area contributed by atoms with E-state index in [0.717, 1.165) is 19.4 Å². The predicted molar refractivity (Wildman–Crippen MR) is 72.5 cm³/mol. The third-order valence-electron chi connectivity index (χ3n) is 4.76. The molecule has 0 aliphatic heterocycles. The minimum absolute atomic E-state index is 0.00148. The highest BCUT2D eigenvalue weighted by atomic mass is 16.4. The third kappa shape index (κ3) is 3.47. The summed E-state index contributed by atoms with van der Waals surface area (Å²) < 4.78 is 0. The molecule has 3 heteroatoms. The molecule has 0 spiro atoms. The molecule has 0 saturated heterocycles. The van der Waals surface area contributed by atoms with Crippen molar-refractivity contribution in [3.05, 3.63) is 0 Å². The highest BCUT2D eigenvalue weighted by Crippen LogP contribution is 2.44. The number of hydrogen-bond donors (Lipinski definition) is 2. The number of hydrogen-bond acceptors (Lipinski definition) is 2. The third-order valence-corrected chi connectivity index (χ3v) is 4.76. The molecule has 0 aromatic carbocycles. The minimum Gasteiger partial charge on any atom is -0.481 e. The SMILES string of the molecule is C[C@@H]1C[C@H](C)CC(CNC2CCC2)(CC(=O)O)C1. The second kappa shape index (κ2) is 5.60. The summed E-state index contributed by atoms with van der Waals surface area (Å²) in [5, 5.41) is 12.8. The Morgan fingerprint density at radius 1 is 1.28 bits per heavy atom. The van der Waals surface area contributed by atoms with Crippen molar-refractivity contribution in [2.24, 2.45) is 17.3 Å². The Balaban J connectivity index is 1.98. The van der Waals surface area contributed by atoms with Crippen LogP contribution in [0.4, 0.5) is 0 Å². The van der Waals surface area contributed by atoms with Gasteiger partial charge in [-0.05, 0) is 49.4 Å². The van der Waals surface area contributed by atoms with E-state index in [4.69, 9.17) is 0 Å². The molecule has 0 radical (unpaired) electrons. The molecule has 104 valence electrons. The van der Waals surface area contributed by atoms with Crippen LogP contribution in [-0.2, 0) is 4.79 Å². The molecule has 0 aromatic heterocycles. The molecule has 2 aliphatic carbocycles. The maximum Gasteiger partial charge on any atom is 0.303 e. The number of rotatable bonds is 5. The molecule has 0 bridgehead atoms. The second-order valence-corrected chi connectivity index (χ2v) is 6.93. The monoisotopic (exact) mass is 253 g/mol. The first-order valence-electron chi connectivity index (χ1n) is 7.44. The Labute approximate surface area is 110 Å². The van der Waals surface area contributed by atoms with Crippen LogP contribution in [0.15, 0.2) is 0 Å². The van der Waals surface area contributed by atoms with Gasteiger partial charge in [-0.3, -0.25) is 4.79 Å². The second-order valence-electron chi connectivity index (χ2n) is 6.93. The Morgan fingerprint density at radius 2 is 1.89 bits per heavy atom. The smallest absolute Gasteiger partial charge is 0.303 e. The van der Waals surface area contributed by atoms with Gasteiger partial charge in [0.05, 0.1) is 6.42 Å². The van der Waals surface area contributed by atoms with Crippen molar-refractivity contribution in [2.75, 3.05) is 6.54 Å². The molecule has 2 fully saturated rings. The van der Waals surface area contributed by atoms with Gasteiger partial charge in [-0.25, -0.2) is 0 Å². The first kappa shape index (κ1) is 13.9. The number of carbonyl (C=O) groups is 1. The summed E-state index contributed by atoms with van der Waals surface area (Å²) in [6, 6.07) is 0.656. The summed E-state index contributed by atoms with van der Waals surface area (Å²) >= 11 is 0. The fourth-order valence-corrected chi connectivity index (χ4v) is 4.06. The van der Waals surface area contributed by atoms with Gasteiger partial charge in [0.2, 0.25) is 0 Å². The van der Waals surface area contributed by atoms with Crippen molar-refractivity contribution in [1.82, 2.24) is 5.32 Å². The molecular formula is C15H27NO2. The average molecular weight is 253 g/mol. The first-order chi connectivity index (χ1) is 8.49. The molecule has 2 saturated carbocycles. The van der Waals surface area contributed by atoms with Crippen LogP contribution in [0.25, 0.3) is 0 Å². The summed E-state index contributed by atoms with van der Waals surface area (Å²) in [5.74, 6) is 0.694. The standard InChI is InChI=1S/C15H27NO2/c1-11-6-12(2)8-15(7-11,9-14(17)18)10-16-13-4-3-5-13/h11-13,16H,3-10H2,1-2H3,(H,17,18)/t11-,12+,15?. The van der Waals surface area contributed by atoms with Gasteiger partial charge in [0.1, 0.15) is 0 Å². The molecule has 2 N–H and O–H groups in total. The van der Waals surface area contributed by atoms with Gasteiger partial charge in [-0.15, -0.1) is 0 Å². The van der Waals surface area contributed by atoms with Crippen LogP contribution in [0.1, 0.15) is 58.8 Å². The van der Waals surface area contributed by atoms with Crippen molar-refractivity contribution >= 4 is 5.97 Å². The van der Waals surface area contributed by atoms with Gasteiger partial charge < -0.3 is 10.4 Å². The largest absolute Gasteiger partial charge is 0.481 e. The van der Waals surface area contributed by atoms with Crippen molar-refractivity contribution in [3.63, 3.8) is 0 Å². The van der Waals surface area contributed by atoms with E-state index in [0.29, 0.717) is 24.3 Å². The summed E-state index contributed by atoms with van der Waals surface area (Å²) in [5.41, 5.74) is -0.00148. The van der Waals surface area contributed by atoms with E-state index >= 15 is 0 Å². The van der Waals surface area contributed by atoms with Crippen LogP contribution in [0.5, 0.6) is 0 Å². The molecule has 0 amide bonds. The van der Waals surface area contributed by atoms with Crippen molar-refractivity contribution in [3.8, 4) is 0 Å². The van der Waals surface area contributed by atoms with E-state index < -0.39 is 5.97 Å². The van der Waals surface area contributed by atoms with Gasteiger partial charge in [0.25, 0.3) is 0 Å². The fourth-order valence-electron chi connectivity index (χ4n) is 4.06. The zero-order chi connectivity index (χ0) is 13.2. The molecule has 18 heavy (non-hydrogen) atoms. The van der Waals surface area contributed by atoms with E-state index in [1.807, 2.05) is 0 Å². The average Bonchev–Trinajstić information content (AvgIpc) is 2.11. The van der Waals surface area contributed by atoms with E-state index in [9.17, 15) is 9.90 Å². The van der Waals surface area contributed by atoms with Crippen LogP contribution >= 0.6 is 0 Å². The van der Waals surface area contributed by atoms with Crippen molar-refractivity contribution in [2.45, 2.75) is 64.8 Å². The van der Waals surface area contributed by atoms with Crippen molar-refractivity contribution < 1.29 is 9.90 Å². The molecule has 0 aromatic rings. The first-order valence-corrected chi connectivity index (χ1v) is 7.44. The number of carboxylic acid groups (broad SMARTS) is 1. The van der Waals surface area contributed by atoms with E-state index in [2.05, 4.69) is 19.2 Å². The van der Waals surface area contributed by atoms with Crippen LogP contribution in [0.2, 0.25) is 0 Å². The summed E-state index contributed by atoms with van der Waals surface area (Å²) in [4.78, 5) is 11.2. The zero-order valence-electron chi connectivity index (χ0n) is 11.7. The van der Waals surface area contributed by atoms with Gasteiger partial charge in [0, 0.05) is 12.6 Å². The Bertz CT molecular complexity index is 289. The molecule has 3 nitrogen and oxygen atoms in total. The lowest BCUT2D eigenvalue weighted by atomic mass is 9.64. The lowest BCUT2D eigenvalue weighted by Crippen LogP contribution is -2.46. The summed E-state index contributed by atoms with van der Waals surface area (Å²) in [7, 11) is 0. The van der Waals surface area contributed by atoms with Crippen molar-refractivity contribution in [1.29, 1.82) is 0 Å². The van der Waals surface area contributed by atoms with E-state index in [-0.39, 0.29) is 5.41 Å². The summed E-state index contributed by atoms with van der Waals surface area (Å²) in [6.07, 6.45) is 7.61. The van der Waals surface area contributed by atoms with Gasteiger partial charge >= 0.3 is 5.97 Å². The number of nitrogens with one attached hydrogen (secondary N) is 1. The number of aliphatic carboxylic acids is 1. The molecule has 0 heterocycles. The molecule has 2 aliphatic rings. The maximum absolute atomic E-state index is 11.2. The minimum atomic E-state index is -0.633. The molecule has 3 atom stereocenters. The fraction of sp³-hybridized carbons (Fsp3) is 0.933. The highest BCUT2D eigenvalue weighted by Gasteiger charge is 2.40. The van der Waals surface area contributed by atoms with E-state index in [1.165, 1.54) is 25.7 Å². The lowest BCUT2D eigenvalue weighted by molar-refractivity contribution is -0.141. The van der Waals surface area contributed by atoms with Gasteiger partial charge in [-0.2, -0.15) is 0 Å². The molecular weight excluding hydrogens is 226 g/mol. The van der Waals surface area contributed by atoms with E-state index in [1.54, 1.807) is 0 Å². The normalized spacial score (nSPS) is 37.2. The molecule has 2 rings (SSSR count). The van der Waals surface area contributed by atoms with Gasteiger partial charge in [-0.1, -0.05) is 20.3 Å². The summed E-state index contributed by atoms with van der Waals surface area (Å²) in [6.45, 7) is 5.45. The topological polar surface area (TPSA) is 49.3 Å². The van der Waals surface area contributed by atoms with Crippen LogP contribution in [0, 0.1) is 17.3 Å². The van der Waals surface area contributed by atoms with Crippen LogP contribution in [-0.4, -0.2) is 23.7 Å². The van der Waals surface area contributed by atoms with Crippen LogP contribution < -0.4 is 5.32 Å². The Hall–Kier alpha value is -0.570. The Kier molecular flexibility index (Phi) is 4.31. The Morgan fingerprint density at radius 3 is 2.33 bits per heavy atom. The predicted octanol–water partition coefficient (Wildman–Crippen LogP) is 3.05.